The zero-order chi connectivity index (χ0) is 28.9. The molecule has 1 aromatic carbocycles. The molecule has 0 fully saturated rings. The topological polar surface area (TPSA) is 151 Å². The first kappa shape index (κ1) is 31.2. The Morgan fingerprint density at radius 2 is 1.51 bits per heavy atom. The van der Waals surface area contributed by atoms with E-state index in [1.165, 1.54) is 17.1 Å². The van der Waals surface area contributed by atoms with Gasteiger partial charge in [0.15, 0.2) is 0 Å². The summed E-state index contributed by atoms with van der Waals surface area (Å²) in [5.74, 6) is -2.33. The zero-order valence-electron chi connectivity index (χ0n) is 23.0. The van der Waals surface area contributed by atoms with Gasteiger partial charge in [-0.1, -0.05) is 39.3 Å². The molecule has 0 radical (unpaired) electrons. The number of carbonyl (C=O) groups is 6. The van der Waals surface area contributed by atoms with Crippen molar-refractivity contribution in [3.8, 4) is 0 Å². The Labute approximate surface area is 228 Å². The fraction of sp³-hybridized carbons (Fsp3) is 0.500. The number of unbranched alkanes of at least 4 members (excludes halogenated alkanes) is 2. The summed E-state index contributed by atoms with van der Waals surface area (Å²) in [6.07, 6.45) is 4.74. The molecule has 39 heavy (non-hydrogen) atoms. The number of hydrogen-bond acceptors (Lipinski definition) is 7. The fourth-order valence-electron chi connectivity index (χ4n) is 3.73. The Kier molecular flexibility index (Phi) is 12.3. The molecule has 0 spiro atoms. The predicted octanol–water partition coefficient (Wildman–Crippen LogP) is 2.21. The van der Waals surface area contributed by atoms with Gasteiger partial charge in [-0.3, -0.25) is 33.7 Å². The number of nitrogens with zero attached hydrogens (tertiary/aromatic N) is 1. The van der Waals surface area contributed by atoms with Gasteiger partial charge >= 0.3 is 5.97 Å². The maximum Gasteiger partial charge on any atom is 0.305 e. The molecular weight excluding hydrogens is 504 g/mol. The number of anilines is 1. The minimum Gasteiger partial charge on any atom is -0.461 e. The number of amides is 5. The predicted molar refractivity (Wildman–Crippen MR) is 144 cm³/mol. The second kappa shape index (κ2) is 15.4. The lowest BCUT2D eigenvalue weighted by Crippen LogP contribution is -2.53. The first-order chi connectivity index (χ1) is 18.5. The SMILES string of the molecule is CCC(=O)OCc1ccc(NC(=O)[C@H](C)NC(=O)[C@@H](NC(=O)CCCCCN2C(=O)C=CC2=O)C(C)C)cc1. The monoisotopic (exact) mass is 542 g/mol. The van der Waals surface area contributed by atoms with Crippen LogP contribution in [0.1, 0.15) is 65.4 Å². The smallest absolute Gasteiger partial charge is 0.305 e. The lowest BCUT2D eigenvalue weighted by molar-refractivity contribution is -0.144. The molecule has 0 aliphatic carbocycles. The van der Waals surface area contributed by atoms with Crippen LogP contribution in [-0.2, 0) is 40.1 Å². The molecule has 11 heteroatoms. The Bertz CT molecular complexity index is 1060. The van der Waals surface area contributed by atoms with Gasteiger partial charge in [0.05, 0.1) is 0 Å². The molecule has 1 aliphatic heterocycles. The summed E-state index contributed by atoms with van der Waals surface area (Å²) < 4.78 is 5.08. The maximum atomic E-state index is 12.8. The number of imide groups is 1. The highest BCUT2D eigenvalue weighted by atomic mass is 16.5. The molecule has 11 nitrogen and oxygen atoms in total. The van der Waals surface area contributed by atoms with Crippen LogP contribution in [0.25, 0.3) is 0 Å². The van der Waals surface area contributed by atoms with Crippen molar-refractivity contribution in [1.82, 2.24) is 15.5 Å². The summed E-state index contributed by atoms with van der Waals surface area (Å²) in [6.45, 7) is 7.32. The van der Waals surface area contributed by atoms with E-state index in [0.717, 1.165) is 5.56 Å². The molecule has 3 N–H and O–H groups in total. The van der Waals surface area contributed by atoms with Gasteiger partial charge in [-0.05, 0) is 43.4 Å². The van der Waals surface area contributed by atoms with Gasteiger partial charge in [-0.2, -0.15) is 0 Å². The average molecular weight is 543 g/mol. The number of esters is 1. The quantitative estimate of drug-likeness (QED) is 0.175. The van der Waals surface area contributed by atoms with Crippen LogP contribution in [0.4, 0.5) is 5.69 Å². The van der Waals surface area contributed by atoms with E-state index in [9.17, 15) is 28.8 Å². The zero-order valence-corrected chi connectivity index (χ0v) is 23.0. The Morgan fingerprint density at radius 1 is 0.872 bits per heavy atom. The number of benzene rings is 1. The van der Waals surface area contributed by atoms with Crippen molar-refractivity contribution < 1.29 is 33.5 Å². The molecule has 1 heterocycles. The number of rotatable bonds is 15. The second-order valence-corrected chi connectivity index (χ2v) is 9.69. The van der Waals surface area contributed by atoms with Crippen molar-refractivity contribution in [3.05, 3.63) is 42.0 Å². The highest BCUT2D eigenvalue weighted by molar-refractivity contribution is 6.12. The van der Waals surface area contributed by atoms with E-state index in [4.69, 9.17) is 4.74 Å². The highest BCUT2D eigenvalue weighted by Crippen LogP contribution is 2.12. The average Bonchev–Trinajstić information content (AvgIpc) is 3.22. The van der Waals surface area contributed by atoms with E-state index in [1.54, 1.807) is 52.0 Å². The summed E-state index contributed by atoms with van der Waals surface area (Å²) in [5.41, 5.74) is 1.30. The molecule has 0 bridgehead atoms. The first-order valence-electron chi connectivity index (χ1n) is 13.2. The molecule has 2 rings (SSSR count). The van der Waals surface area contributed by atoms with Crippen LogP contribution >= 0.6 is 0 Å². The van der Waals surface area contributed by atoms with Crippen LogP contribution in [-0.4, -0.2) is 59.0 Å². The van der Waals surface area contributed by atoms with E-state index < -0.39 is 23.9 Å². The summed E-state index contributed by atoms with van der Waals surface area (Å²) in [7, 11) is 0. The normalized spacial score (nSPS) is 14.2. The van der Waals surface area contributed by atoms with Gasteiger partial charge in [0.25, 0.3) is 11.8 Å². The van der Waals surface area contributed by atoms with E-state index >= 15 is 0 Å². The van der Waals surface area contributed by atoms with Crippen LogP contribution in [0.3, 0.4) is 0 Å². The maximum absolute atomic E-state index is 12.8. The molecule has 5 amide bonds. The molecule has 1 aromatic rings. The van der Waals surface area contributed by atoms with Gasteiger partial charge in [0.2, 0.25) is 17.7 Å². The second-order valence-electron chi connectivity index (χ2n) is 9.69. The van der Waals surface area contributed by atoms with Crippen molar-refractivity contribution in [3.63, 3.8) is 0 Å². The molecule has 1 aliphatic rings. The minimum absolute atomic E-state index is 0.147. The third kappa shape index (κ3) is 10.3. The lowest BCUT2D eigenvalue weighted by Gasteiger charge is -2.24. The van der Waals surface area contributed by atoms with Crippen LogP contribution < -0.4 is 16.0 Å². The Morgan fingerprint density at radius 3 is 2.10 bits per heavy atom. The first-order valence-corrected chi connectivity index (χ1v) is 13.2. The number of ether oxygens (including phenoxy) is 1. The number of hydrogen-bond donors (Lipinski definition) is 3. The van der Waals surface area contributed by atoms with Crippen LogP contribution in [0.15, 0.2) is 36.4 Å². The van der Waals surface area contributed by atoms with Crippen molar-refractivity contribution in [1.29, 1.82) is 0 Å². The summed E-state index contributed by atoms with van der Waals surface area (Å²) >= 11 is 0. The summed E-state index contributed by atoms with van der Waals surface area (Å²) in [6, 6.07) is 5.14. The van der Waals surface area contributed by atoms with Gasteiger partial charge < -0.3 is 20.7 Å². The fourth-order valence-corrected chi connectivity index (χ4v) is 3.73. The van der Waals surface area contributed by atoms with E-state index in [2.05, 4.69) is 16.0 Å². The van der Waals surface area contributed by atoms with E-state index in [1.807, 2.05) is 0 Å². The van der Waals surface area contributed by atoms with Gasteiger partial charge in [0.1, 0.15) is 18.7 Å². The van der Waals surface area contributed by atoms with Crippen LogP contribution in [0.5, 0.6) is 0 Å². The highest BCUT2D eigenvalue weighted by Gasteiger charge is 2.27. The lowest BCUT2D eigenvalue weighted by atomic mass is 10.0. The molecule has 2 atom stereocenters. The van der Waals surface area contributed by atoms with Gasteiger partial charge in [0, 0.05) is 37.2 Å². The van der Waals surface area contributed by atoms with Crippen LogP contribution in [0.2, 0.25) is 0 Å². The minimum atomic E-state index is -0.855. The van der Waals surface area contributed by atoms with Crippen molar-refractivity contribution in [2.75, 3.05) is 11.9 Å². The number of nitrogens with one attached hydrogen (secondary N) is 3. The van der Waals surface area contributed by atoms with Crippen molar-refractivity contribution >= 4 is 41.2 Å². The summed E-state index contributed by atoms with van der Waals surface area (Å²) in [5, 5.41) is 8.12. The van der Waals surface area contributed by atoms with E-state index in [0.29, 0.717) is 37.9 Å². The van der Waals surface area contributed by atoms with Gasteiger partial charge in [-0.25, -0.2) is 0 Å². The molecular formula is C28H38N4O7. The molecule has 0 aromatic heterocycles. The standard InChI is InChI=1S/C28H38N4O7/c1-5-25(36)39-17-20-10-12-21(13-11-20)30-27(37)19(4)29-28(38)26(18(2)3)31-22(33)9-7-6-8-16-32-23(34)14-15-24(32)35/h10-15,18-19,26H,5-9,16-17H2,1-4H3,(H,29,38)(H,30,37)(H,31,33)/t19-,26-/m0/s1. The Hall–Kier alpha value is -4.02. The molecule has 212 valence electrons. The summed E-state index contributed by atoms with van der Waals surface area (Å²) in [4.78, 5) is 73.5. The largest absolute Gasteiger partial charge is 0.461 e. The van der Waals surface area contributed by atoms with Gasteiger partial charge in [-0.15, -0.1) is 0 Å². The third-order valence-corrected chi connectivity index (χ3v) is 6.11. The van der Waals surface area contributed by atoms with Crippen molar-refractivity contribution in [2.45, 2.75) is 78.5 Å². The molecule has 0 unspecified atom stereocenters. The third-order valence-electron chi connectivity index (χ3n) is 6.11. The number of carbonyl (C=O) groups excluding carboxylic acids is 6. The van der Waals surface area contributed by atoms with Crippen LogP contribution in [0, 0.1) is 5.92 Å². The van der Waals surface area contributed by atoms with Crippen molar-refractivity contribution in [2.24, 2.45) is 5.92 Å². The molecule has 0 saturated carbocycles. The van der Waals surface area contributed by atoms with E-state index in [-0.39, 0.29) is 42.6 Å². The Balaban J connectivity index is 1.75. The molecule has 0 saturated heterocycles.